The van der Waals surface area contributed by atoms with E-state index in [4.69, 9.17) is 4.98 Å². The molecule has 4 heterocycles. The molecular weight excluding hydrogens is 300 g/mol. The van der Waals surface area contributed by atoms with Crippen molar-refractivity contribution >= 4 is 0 Å². The third-order valence-electron chi connectivity index (χ3n) is 4.43. The monoisotopic (exact) mass is 320 g/mol. The maximum Gasteiger partial charge on any atom is 0.182 e. The van der Waals surface area contributed by atoms with Crippen LogP contribution in [-0.2, 0) is 6.54 Å². The van der Waals surface area contributed by atoms with Gasteiger partial charge in [0.1, 0.15) is 5.82 Å². The SMILES string of the molecule is c1ccc(CN2CCCC(c3nc(-c4cccnc4)n[nH]3)C2)nc1. The number of hydrogen-bond donors (Lipinski definition) is 1. The minimum absolute atomic E-state index is 0.389. The van der Waals surface area contributed by atoms with Crippen LogP contribution in [0.15, 0.2) is 48.9 Å². The molecule has 0 aromatic carbocycles. The third-order valence-corrected chi connectivity index (χ3v) is 4.43. The second-order valence-electron chi connectivity index (χ2n) is 6.18. The maximum absolute atomic E-state index is 4.70. The molecule has 6 nitrogen and oxygen atoms in total. The van der Waals surface area contributed by atoms with Gasteiger partial charge in [-0.1, -0.05) is 6.07 Å². The second-order valence-corrected chi connectivity index (χ2v) is 6.18. The zero-order chi connectivity index (χ0) is 16.2. The first-order chi connectivity index (χ1) is 11.9. The number of piperidine rings is 1. The predicted molar refractivity (Wildman–Crippen MR) is 91.1 cm³/mol. The van der Waals surface area contributed by atoms with Crippen LogP contribution in [0.1, 0.15) is 30.3 Å². The molecule has 0 saturated carbocycles. The Morgan fingerprint density at radius 3 is 3.00 bits per heavy atom. The lowest BCUT2D eigenvalue weighted by Crippen LogP contribution is -2.34. The molecule has 3 aromatic rings. The van der Waals surface area contributed by atoms with Crippen LogP contribution in [0.3, 0.4) is 0 Å². The standard InChI is InChI=1S/C18H20N6/c1-2-9-20-16(7-1)13-24-10-4-6-15(12-24)18-21-17(22-23-18)14-5-3-8-19-11-14/h1-3,5,7-9,11,15H,4,6,10,12-13H2,(H,21,22,23). The average molecular weight is 320 g/mol. The first kappa shape index (κ1) is 15.0. The number of nitrogens with one attached hydrogen (secondary N) is 1. The van der Waals surface area contributed by atoms with E-state index < -0.39 is 0 Å². The van der Waals surface area contributed by atoms with Crippen molar-refractivity contribution in [1.82, 2.24) is 30.0 Å². The molecule has 1 aliphatic heterocycles. The van der Waals surface area contributed by atoms with E-state index >= 15 is 0 Å². The molecule has 122 valence electrons. The van der Waals surface area contributed by atoms with E-state index in [1.807, 2.05) is 30.5 Å². The van der Waals surface area contributed by atoms with E-state index in [1.165, 1.54) is 6.42 Å². The van der Waals surface area contributed by atoms with Crippen LogP contribution in [-0.4, -0.2) is 43.1 Å². The number of rotatable bonds is 4. The number of nitrogens with zero attached hydrogens (tertiary/aromatic N) is 5. The Balaban J connectivity index is 1.45. The van der Waals surface area contributed by atoms with Crippen LogP contribution in [0.2, 0.25) is 0 Å². The average Bonchev–Trinajstić information content (AvgIpc) is 3.14. The Morgan fingerprint density at radius 2 is 2.17 bits per heavy atom. The summed E-state index contributed by atoms with van der Waals surface area (Å²) in [6.07, 6.45) is 7.71. The molecule has 6 heteroatoms. The largest absolute Gasteiger partial charge is 0.297 e. The van der Waals surface area contributed by atoms with Crippen molar-refractivity contribution < 1.29 is 0 Å². The van der Waals surface area contributed by atoms with Gasteiger partial charge in [0.05, 0.1) is 5.69 Å². The highest BCUT2D eigenvalue weighted by Crippen LogP contribution is 2.26. The zero-order valence-electron chi connectivity index (χ0n) is 13.5. The van der Waals surface area contributed by atoms with E-state index in [9.17, 15) is 0 Å². The Labute approximate surface area is 141 Å². The molecule has 24 heavy (non-hydrogen) atoms. The molecule has 3 aromatic heterocycles. The molecule has 1 atom stereocenters. The second kappa shape index (κ2) is 6.88. The minimum atomic E-state index is 0.389. The van der Waals surface area contributed by atoms with E-state index in [1.54, 1.807) is 12.4 Å². The summed E-state index contributed by atoms with van der Waals surface area (Å²) in [6, 6.07) is 9.96. The van der Waals surface area contributed by atoms with E-state index in [2.05, 4.69) is 31.1 Å². The van der Waals surface area contributed by atoms with Gasteiger partial charge >= 0.3 is 0 Å². The van der Waals surface area contributed by atoms with Gasteiger partial charge in [-0.15, -0.1) is 0 Å². The Morgan fingerprint density at radius 1 is 1.17 bits per heavy atom. The van der Waals surface area contributed by atoms with Gasteiger partial charge in [0, 0.05) is 43.2 Å². The van der Waals surface area contributed by atoms with E-state index in [0.29, 0.717) is 5.92 Å². The lowest BCUT2D eigenvalue weighted by molar-refractivity contribution is 0.195. The quantitative estimate of drug-likeness (QED) is 0.800. The molecule has 0 bridgehead atoms. The Hall–Kier alpha value is -2.60. The highest BCUT2D eigenvalue weighted by atomic mass is 15.2. The summed E-state index contributed by atoms with van der Waals surface area (Å²) >= 11 is 0. The first-order valence-corrected chi connectivity index (χ1v) is 8.33. The molecular formula is C18H20N6. The van der Waals surface area contributed by atoms with Gasteiger partial charge in [-0.25, -0.2) is 4.98 Å². The van der Waals surface area contributed by atoms with Gasteiger partial charge in [0.15, 0.2) is 5.82 Å². The molecule has 1 unspecified atom stereocenters. The fraction of sp³-hybridized carbons (Fsp3) is 0.333. The highest BCUT2D eigenvalue weighted by Gasteiger charge is 2.24. The summed E-state index contributed by atoms with van der Waals surface area (Å²) in [5.41, 5.74) is 2.06. The van der Waals surface area contributed by atoms with Gasteiger partial charge in [-0.2, -0.15) is 5.10 Å². The van der Waals surface area contributed by atoms with Crippen LogP contribution in [0, 0.1) is 0 Å². The summed E-state index contributed by atoms with van der Waals surface area (Å²) in [7, 11) is 0. The normalized spacial score (nSPS) is 18.6. The van der Waals surface area contributed by atoms with Crippen LogP contribution in [0.4, 0.5) is 0 Å². The summed E-state index contributed by atoms with van der Waals surface area (Å²) in [5.74, 6) is 2.08. The smallest absolute Gasteiger partial charge is 0.182 e. The number of hydrogen-bond acceptors (Lipinski definition) is 5. The maximum atomic E-state index is 4.70. The van der Waals surface area contributed by atoms with Crippen molar-refractivity contribution in [3.63, 3.8) is 0 Å². The summed E-state index contributed by atoms with van der Waals surface area (Å²) in [5, 5.41) is 7.49. The van der Waals surface area contributed by atoms with E-state index in [-0.39, 0.29) is 0 Å². The third kappa shape index (κ3) is 3.33. The van der Waals surface area contributed by atoms with Crippen molar-refractivity contribution in [3.8, 4) is 11.4 Å². The molecule has 0 aliphatic carbocycles. The van der Waals surface area contributed by atoms with E-state index in [0.717, 1.165) is 49.0 Å². The Kier molecular flexibility index (Phi) is 4.29. The van der Waals surface area contributed by atoms with Crippen molar-refractivity contribution in [1.29, 1.82) is 0 Å². The summed E-state index contributed by atoms with van der Waals surface area (Å²) < 4.78 is 0. The molecule has 0 amide bonds. The lowest BCUT2D eigenvalue weighted by Gasteiger charge is -2.31. The first-order valence-electron chi connectivity index (χ1n) is 8.33. The van der Waals surface area contributed by atoms with Gasteiger partial charge in [-0.05, 0) is 43.7 Å². The number of likely N-dealkylation sites (tertiary alicyclic amines) is 1. The molecule has 0 radical (unpaired) electrons. The molecule has 4 rings (SSSR count). The predicted octanol–water partition coefficient (Wildman–Crippen LogP) is 2.64. The number of pyridine rings is 2. The van der Waals surface area contributed by atoms with Gasteiger partial charge in [0.2, 0.25) is 0 Å². The van der Waals surface area contributed by atoms with Crippen molar-refractivity contribution in [2.75, 3.05) is 13.1 Å². The highest BCUT2D eigenvalue weighted by molar-refractivity contribution is 5.52. The van der Waals surface area contributed by atoms with Crippen LogP contribution >= 0.6 is 0 Å². The minimum Gasteiger partial charge on any atom is -0.297 e. The topological polar surface area (TPSA) is 70.6 Å². The van der Waals surface area contributed by atoms with Crippen molar-refractivity contribution in [3.05, 3.63) is 60.4 Å². The van der Waals surface area contributed by atoms with Gasteiger partial charge in [0.25, 0.3) is 0 Å². The molecule has 1 saturated heterocycles. The zero-order valence-corrected chi connectivity index (χ0v) is 13.5. The fourth-order valence-corrected chi connectivity index (χ4v) is 3.22. The number of aromatic nitrogens is 5. The number of H-pyrrole nitrogens is 1. The fourth-order valence-electron chi connectivity index (χ4n) is 3.22. The van der Waals surface area contributed by atoms with Gasteiger partial charge < -0.3 is 0 Å². The molecule has 0 spiro atoms. The molecule has 1 N–H and O–H groups in total. The number of aromatic amines is 1. The summed E-state index contributed by atoms with van der Waals surface area (Å²) in [4.78, 5) is 15.7. The molecule has 1 fully saturated rings. The molecule has 1 aliphatic rings. The van der Waals surface area contributed by atoms with Crippen LogP contribution in [0.5, 0.6) is 0 Å². The van der Waals surface area contributed by atoms with Gasteiger partial charge in [-0.3, -0.25) is 20.0 Å². The van der Waals surface area contributed by atoms with Crippen molar-refractivity contribution in [2.24, 2.45) is 0 Å². The lowest BCUT2D eigenvalue weighted by atomic mass is 9.97. The Bertz CT molecular complexity index is 770. The van der Waals surface area contributed by atoms with Crippen molar-refractivity contribution in [2.45, 2.75) is 25.3 Å². The summed E-state index contributed by atoms with van der Waals surface area (Å²) in [6.45, 7) is 2.98. The van der Waals surface area contributed by atoms with Crippen LogP contribution in [0.25, 0.3) is 11.4 Å². The van der Waals surface area contributed by atoms with Crippen LogP contribution < -0.4 is 0 Å².